The number of methoxy groups -OCH3 is 2. The number of amides is 1. The van der Waals surface area contributed by atoms with Gasteiger partial charge in [0.2, 0.25) is 11.6 Å². The summed E-state index contributed by atoms with van der Waals surface area (Å²) >= 11 is 0. The van der Waals surface area contributed by atoms with E-state index in [0.29, 0.717) is 17.2 Å². The molecule has 0 saturated heterocycles. The van der Waals surface area contributed by atoms with Crippen LogP contribution < -0.4 is 25.6 Å². The van der Waals surface area contributed by atoms with Crippen LogP contribution in [0, 0.1) is 15.9 Å². The zero-order chi connectivity index (χ0) is 22.4. The molecule has 0 saturated carbocycles. The van der Waals surface area contributed by atoms with Crippen LogP contribution >= 0.6 is 0 Å². The van der Waals surface area contributed by atoms with E-state index in [2.05, 4.69) is 26.1 Å². The fourth-order valence-corrected chi connectivity index (χ4v) is 2.55. The maximum atomic E-state index is 13.0. The topological polar surface area (TPSA) is 141 Å². The molecule has 0 unspecified atom stereocenters. The number of hydrogen-bond acceptors (Lipinski definition) is 9. The number of aromatic nitrogens is 2. The summed E-state index contributed by atoms with van der Waals surface area (Å²) in [6, 6.07) is 9.61. The minimum atomic E-state index is -0.704. The third-order valence-electron chi connectivity index (χ3n) is 4.07. The zero-order valence-electron chi connectivity index (χ0n) is 16.4. The molecule has 12 heteroatoms. The van der Waals surface area contributed by atoms with Gasteiger partial charge in [0.05, 0.1) is 24.8 Å². The molecular formula is C19H17FN6O5. The summed E-state index contributed by atoms with van der Waals surface area (Å²) in [5, 5.41) is 14.5. The van der Waals surface area contributed by atoms with Crippen molar-refractivity contribution in [2.45, 2.75) is 0 Å². The van der Waals surface area contributed by atoms with Gasteiger partial charge in [-0.25, -0.2) is 14.4 Å². The SMILES string of the molecule is COc1ccc(Nc2ncnc(NNC(=O)c3ccc(F)cc3)c2[N+](=O)[O-])c(OC)c1. The minimum absolute atomic E-state index is 0.137. The number of carbonyl (C=O) groups excluding carboxylic acids is 1. The Morgan fingerprint density at radius 1 is 1.06 bits per heavy atom. The van der Waals surface area contributed by atoms with E-state index in [1.807, 2.05) is 0 Å². The number of benzene rings is 2. The summed E-state index contributed by atoms with van der Waals surface area (Å²) in [5.74, 6) is -0.635. The lowest BCUT2D eigenvalue weighted by Gasteiger charge is -2.13. The van der Waals surface area contributed by atoms with Crippen LogP contribution in [0.1, 0.15) is 10.4 Å². The molecule has 3 aromatic rings. The Hall–Kier alpha value is -4.48. The number of ether oxygens (including phenoxy) is 2. The van der Waals surface area contributed by atoms with Crippen LogP contribution in [0.15, 0.2) is 48.8 Å². The van der Waals surface area contributed by atoms with E-state index in [9.17, 15) is 19.3 Å². The Bertz CT molecular complexity index is 1110. The van der Waals surface area contributed by atoms with Gasteiger partial charge in [-0.3, -0.25) is 25.8 Å². The second kappa shape index (κ2) is 9.35. The molecule has 31 heavy (non-hydrogen) atoms. The predicted molar refractivity (Wildman–Crippen MR) is 109 cm³/mol. The maximum absolute atomic E-state index is 13.0. The zero-order valence-corrected chi connectivity index (χ0v) is 16.4. The molecule has 2 aromatic carbocycles. The fourth-order valence-electron chi connectivity index (χ4n) is 2.55. The summed E-state index contributed by atoms with van der Waals surface area (Å²) in [5.41, 5.74) is 4.71. The third-order valence-corrected chi connectivity index (χ3v) is 4.07. The Labute approximate surface area is 175 Å². The van der Waals surface area contributed by atoms with Crippen LogP contribution in [0.3, 0.4) is 0 Å². The van der Waals surface area contributed by atoms with Crippen molar-refractivity contribution in [1.29, 1.82) is 0 Å². The highest BCUT2D eigenvalue weighted by Crippen LogP contribution is 2.35. The van der Waals surface area contributed by atoms with Crippen LogP contribution in [0.25, 0.3) is 0 Å². The van der Waals surface area contributed by atoms with Crippen molar-refractivity contribution < 1.29 is 23.6 Å². The lowest BCUT2D eigenvalue weighted by Crippen LogP contribution is -2.30. The normalized spacial score (nSPS) is 10.2. The Balaban J connectivity index is 1.85. The van der Waals surface area contributed by atoms with Crippen molar-refractivity contribution in [3.05, 3.63) is 70.3 Å². The molecule has 11 nitrogen and oxygen atoms in total. The maximum Gasteiger partial charge on any atom is 0.355 e. The van der Waals surface area contributed by atoms with Gasteiger partial charge >= 0.3 is 5.69 Å². The highest BCUT2D eigenvalue weighted by molar-refractivity contribution is 5.95. The van der Waals surface area contributed by atoms with E-state index in [-0.39, 0.29) is 17.2 Å². The first-order valence-corrected chi connectivity index (χ1v) is 8.73. The van der Waals surface area contributed by atoms with Gasteiger partial charge < -0.3 is 14.8 Å². The molecule has 0 spiro atoms. The fraction of sp³-hybridized carbons (Fsp3) is 0.105. The van der Waals surface area contributed by atoms with Crippen molar-refractivity contribution in [3.63, 3.8) is 0 Å². The average Bonchev–Trinajstić information content (AvgIpc) is 2.78. The molecule has 3 rings (SSSR count). The lowest BCUT2D eigenvalue weighted by molar-refractivity contribution is -0.383. The van der Waals surface area contributed by atoms with E-state index in [1.54, 1.807) is 18.2 Å². The molecule has 0 radical (unpaired) electrons. The first-order valence-electron chi connectivity index (χ1n) is 8.73. The number of nitrogens with one attached hydrogen (secondary N) is 3. The van der Waals surface area contributed by atoms with E-state index in [4.69, 9.17) is 9.47 Å². The van der Waals surface area contributed by atoms with Gasteiger partial charge in [0, 0.05) is 11.6 Å². The lowest BCUT2D eigenvalue weighted by atomic mass is 10.2. The number of anilines is 3. The monoisotopic (exact) mass is 428 g/mol. The van der Waals surface area contributed by atoms with Crippen LogP contribution in [-0.4, -0.2) is 35.0 Å². The first-order chi connectivity index (χ1) is 14.9. The molecule has 0 aliphatic carbocycles. The van der Waals surface area contributed by atoms with Crippen molar-refractivity contribution >= 4 is 28.9 Å². The van der Waals surface area contributed by atoms with E-state index in [1.165, 1.54) is 26.4 Å². The second-order valence-electron chi connectivity index (χ2n) is 5.95. The Morgan fingerprint density at radius 3 is 2.42 bits per heavy atom. The molecular weight excluding hydrogens is 411 g/mol. The number of nitro groups is 1. The number of halogens is 1. The largest absolute Gasteiger partial charge is 0.497 e. The van der Waals surface area contributed by atoms with E-state index in [0.717, 1.165) is 18.5 Å². The Kier molecular flexibility index (Phi) is 6.40. The number of nitrogens with zero attached hydrogens (tertiary/aromatic N) is 3. The predicted octanol–water partition coefficient (Wildman–Crippen LogP) is 3.04. The minimum Gasteiger partial charge on any atom is -0.497 e. The number of carbonyl (C=O) groups is 1. The second-order valence-corrected chi connectivity index (χ2v) is 5.95. The summed E-state index contributed by atoms with van der Waals surface area (Å²) in [7, 11) is 2.93. The molecule has 3 N–H and O–H groups in total. The quantitative estimate of drug-likeness (QED) is 0.365. The summed E-state index contributed by atoms with van der Waals surface area (Å²) in [6.45, 7) is 0. The van der Waals surface area contributed by atoms with Gasteiger partial charge in [-0.15, -0.1) is 0 Å². The van der Waals surface area contributed by atoms with Gasteiger partial charge in [-0.1, -0.05) is 0 Å². The highest BCUT2D eigenvalue weighted by Gasteiger charge is 2.24. The van der Waals surface area contributed by atoms with Gasteiger partial charge in [0.15, 0.2) is 0 Å². The van der Waals surface area contributed by atoms with E-state index >= 15 is 0 Å². The summed E-state index contributed by atoms with van der Waals surface area (Å²) in [6.07, 6.45) is 1.08. The van der Waals surface area contributed by atoms with E-state index < -0.39 is 22.3 Å². The molecule has 160 valence electrons. The van der Waals surface area contributed by atoms with Gasteiger partial charge in [0.25, 0.3) is 5.91 Å². The van der Waals surface area contributed by atoms with Crippen LogP contribution in [0.4, 0.5) is 27.4 Å². The molecule has 0 aliphatic rings. The molecule has 1 amide bonds. The number of rotatable bonds is 8. The van der Waals surface area contributed by atoms with Crippen LogP contribution in [-0.2, 0) is 0 Å². The average molecular weight is 428 g/mol. The van der Waals surface area contributed by atoms with Crippen LogP contribution in [0.2, 0.25) is 0 Å². The number of hydrazine groups is 1. The van der Waals surface area contributed by atoms with Crippen LogP contribution in [0.5, 0.6) is 11.5 Å². The third kappa shape index (κ3) is 4.93. The summed E-state index contributed by atoms with van der Waals surface area (Å²) in [4.78, 5) is 30.9. The Morgan fingerprint density at radius 2 is 1.77 bits per heavy atom. The molecule has 1 heterocycles. The van der Waals surface area contributed by atoms with Gasteiger partial charge in [-0.05, 0) is 36.4 Å². The highest BCUT2D eigenvalue weighted by atomic mass is 19.1. The standard InChI is InChI=1S/C19H17FN6O5/c1-30-13-7-8-14(15(9-13)31-2)23-17-16(26(28)29)18(22-10-21-17)24-25-19(27)11-3-5-12(20)6-4-11/h3-10H,1-2H3,(H,25,27)(H2,21,22,23,24). The van der Waals surface area contributed by atoms with Crippen molar-refractivity contribution in [2.24, 2.45) is 0 Å². The van der Waals surface area contributed by atoms with Gasteiger partial charge in [0.1, 0.15) is 23.6 Å². The summed E-state index contributed by atoms with van der Waals surface area (Å²) < 4.78 is 23.4. The molecule has 1 aromatic heterocycles. The van der Waals surface area contributed by atoms with Crippen molar-refractivity contribution in [2.75, 3.05) is 25.0 Å². The molecule has 0 aliphatic heterocycles. The molecule has 0 atom stereocenters. The first kappa shape index (κ1) is 21.2. The smallest absolute Gasteiger partial charge is 0.355 e. The number of hydrogen-bond donors (Lipinski definition) is 3. The van der Waals surface area contributed by atoms with Crippen molar-refractivity contribution in [1.82, 2.24) is 15.4 Å². The molecule has 0 bridgehead atoms. The van der Waals surface area contributed by atoms with Crippen molar-refractivity contribution in [3.8, 4) is 11.5 Å². The van der Waals surface area contributed by atoms with Gasteiger partial charge in [-0.2, -0.15) is 0 Å². The molecule has 0 fully saturated rings.